The molecule has 42 heavy (non-hydrogen) atoms. The predicted octanol–water partition coefficient (Wildman–Crippen LogP) is 2.99. The first kappa shape index (κ1) is 30.1. The van der Waals surface area contributed by atoms with Crippen molar-refractivity contribution in [1.82, 2.24) is 24.1 Å². The van der Waals surface area contributed by atoms with Gasteiger partial charge in [-0.05, 0) is 56.1 Å². The first-order valence-electron chi connectivity index (χ1n) is 14.1. The van der Waals surface area contributed by atoms with Crippen LogP contribution in [0.2, 0.25) is 5.15 Å². The molecule has 0 spiro atoms. The van der Waals surface area contributed by atoms with E-state index in [-0.39, 0.29) is 40.8 Å². The zero-order valence-electron chi connectivity index (χ0n) is 23.4. The largest absolute Gasteiger partial charge is 0.465 e. The van der Waals surface area contributed by atoms with Gasteiger partial charge in [0.2, 0.25) is 15.9 Å². The number of nitrogens with two attached hydrogens (primary N) is 1. The van der Waals surface area contributed by atoms with E-state index < -0.39 is 16.1 Å². The van der Waals surface area contributed by atoms with Gasteiger partial charge in [-0.1, -0.05) is 23.7 Å². The summed E-state index contributed by atoms with van der Waals surface area (Å²) in [6, 6.07) is 6.44. The molecule has 1 aromatic heterocycles. The van der Waals surface area contributed by atoms with Crippen LogP contribution < -0.4 is 11.1 Å². The molecule has 3 saturated heterocycles. The van der Waals surface area contributed by atoms with Crippen LogP contribution in [0.4, 0.5) is 10.5 Å². The Balaban J connectivity index is 1.37. The van der Waals surface area contributed by atoms with Crippen LogP contribution in [0, 0.1) is 23.2 Å². The summed E-state index contributed by atoms with van der Waals surface area (Å²) in [6.45, 7) is 2.63. The minimum atomic E-state index is -3.23. The van der Waals surface area contributed by atoms with Crippen LogP contribution in [-0.2, 0) is 14.8 Å². The van der Waals surface area contributed by atoms with Crippen LogP contribution in [0.25, 0.3) is 11.3 Å². The maximum atomic E-state index is 14.0. The Hall–Kier alpha value is -3.36. The minimum absolute atomic E-state index is 0.0185. The van der Waals surface area contributed by atoms with Gasteiger partial charge < -0.3 is 25.6 Å². The molecule has 3 fully saturated rings. The molecule has 2 amide bonds. The lowest BCUT2D eigenvalue weighted by Crippen LogP contribution is -2.46. The zero-order valence-corrected chi connectivity index (χ0v) is 25.0. The lowest BCUT2D eigenvalue weighted by atomic mass is 9.83. The van der Waals surface area contributed by atoms with Crippen LogP contribution in [0.1, 0.15) is 44.0 Å². The van der Waals surface area contributed by atoms with Crippen molar-refractivity contribution >= 4 is 45.3 Å². The molecule has 15 heteroatoms. The molecule has 1 aromatic carbocycles. The zero-order chi connectivity index (χ0) is 30.2. The van der Waals surface area contributed by atoms with Gasteiger partial charge in [-0.25, -0.2) is 22.5 Å². The Morgan fingerprint density at radius 2 is 1.74 bits per heavy atom. The standard InChI is InChI=1S/C27H37ClN8O5S/c1-42(40,41)35-12-8-16(9-13-35)19-14-21(36(15-19)25(37)18-6-10-34(11-7-18)26(29)30)24-32-22(23(28)33-24)17-2-4-20(5-3-17)31-27(38)39/h2-5,16,18-19,21,31H,6-15H2,1H3,(H3,29,30)(H,32,33)(H,38,39). The summed E-state index contributed by atoms with van der Waals surface area (Å²) in [5, 5.41) is 19.2. The van der Waals surface area contributed by atoms with Crippen molar-refractivity contribution in [3.8, 4) is 11.3 Å². The van der Waals surface area contributed by atoms with Crippen molar-refractivity contribution < 1.29 is 23.1 Å². The summed E-state index contributed by atoms with van der Waals surface area (Å²) in [4.78, 5) is 36.6. The van der Waals surface area contributed by atoms with Gasteiger partial charge in [-0.2, -0.15) is 0 Å². The number of nitrogens with one attached hydrogen (secondary N) is 3. The fourth-order valence-electron chi connectivity index (χ4n) is 6.56. The number of carboxylic acid groups (broad SMARTS) is 1. The van der Waals surface area contributed by atoms with Crippen LogP contribution in [0.5, 0.6) is 0 Å². The van der Waals surface area contributed by atoms with E-state index in [1.165, 1.54) is 10.6 Å². The Labute approximate surface area is 250 Å². The van der Waals surface area contributed by atoms with E-state index in [4.69, 9.17) is 27.9 Å². The number of nitrogens with zero attached hydrogens (tertiary/aromatic N) is 4. The molecule has 0 radical (unpaired) electrons. The minimum Gasteiger partial charge on any atom is -0.465 e. The molecule has 0 saturated carbocycles. The molecule has 2 atom stereocenters. The number of halogens is 1. The molecule has 4 heterocycles. The highest BCUT2D eigenvalue weighted by Crippen LogP contribution is 2.43. The number of carbonyl (C=O) groups is 2. The molecule has 3 aliphatic rings. The third kappa shape index (κ3) is 6.50. The molecule has 0 aliphatic carbocycles. The Morgan fingerprint density at radius 3 is 2.31 bits per heavy atom. The fourth-order valence-corrected chi connectivity index (χ4v) is 7.68. The molecule has 3 aliphatic heterocycles. The lowest BCUT2D eigenvalue weighted by molar-refractivity contribution is -0.138. The molecule has 5 rings (SSSR count). The number of hydrogen-bond acceptors (Lipinski definition) is 6. The highest BCUT2D eigenvalue weighted by atomic mass is 35.5. The van der Waals surface area contributed by atoms with Gasteiger partial charge in [0, 0.05) is 49.9 Å². The van der Waals surface area contributed by atoms with Gasteiger partial charge in [0.05, 0.1) is 18.0 Å². The second kappa shape index (κ2) is 12.1. The van der Waals surface area contributed by atoms with E-state index in [1.54, 1.807) is 29.2 Å². The monoisotopic (exact) mass is 620 g/mol. The normalized spacial score (nSPS) is 22.8. The lowest BCUT2D eigenvalue weighted by Gasteiger charge is -2.35. The number of guanidine groups is 1. The number of aromatic amines is 1. The van der Waals surface area contributed by atoms with E-state index in [0.29, 0.717) is 69.2 Å². The van der Waals surface area contributed by atoms with Gasteiger partial charge in [0.1, 0.15) is 5.82 Å². The number of H-pyrrole nitrogens is 1. The number of aromatic nitrogens is 2. The molecule has 2 unspecified atom stereocenters. The quantitative estimate of drug-likeness (QED) is 0.240. The number of benzene rings is 1. The second-order valence-corrected chi connectivity index (χ2v) is 13.8. The fraction of sp³-hybridized carbons (Fsp3) is 0.556. The number of carbonyl (C=O) groups excluding carboxylic acids is 1. The third-order valence-electron chi connectivity index (χ3n) is 8.85. The summed E-state index contributed by atoms with van der Waals surface area (Å²) in [5.41, 5.74) is 7.40. The molecule has 2 aromatic rings. The third-order valence-corrected chi connectivity index (χ3v) is 10.4. The number of hydrogen-bond donors (Lipinski definition) is 5. The van der Waals surface area contributed by atoms with Gasteiger partial charge in [-0.15, -0.1) is 0 Å². The summed E-state index contributed by atoms with van der Waals surface area (Å²) < 4.78 is 25.6. The van der Waals surface area contributed by atoms with E-state index >= 15 is 0 Å². The van der Waals surface area contributed by atoms with Crippen molar-refractivity contribution in [3.05, 3.63) is 35.2 Å². The molecular formula is C27H37ClN8O5S. The summed E-state index contributed by atoms with van der Waals surface area (Å²) in [7, 11) is -3.23. The average molecular weight is 621 g/mol. The van der Waals surface area contributed by atoms with Crippen molar-refractivity contribution in [3.63, 3.8) is 0 Å². The number of amides is 2. The van der Waals surface area contributed by atoms with Crippen LogP contribution in [0.3, 0.4) is 0 Å². The maximum absolute atomic E-state index is 14.0. The summed E-state index contributed by atoms with van der Waals surface area (Å²) >= 11 is 6.59. The van der Waals surface area contributed by atoms with Crippen LogP contribution >= 0.6 is 11.6 Å². The second-order valence-electron chi connectivity index (χ2n) is 11.4. The first-order valence-corrected chi connectivity index (χ1v) is 16.3. The highest BCUT2D eigenvalue weighted by Gasteiger charge is 2.44. The predicted molar refractivity (Wildman–Crippen MR) is 159 cm³/mol. The van der Waals surface area contributed by atoms with E-state index in [9.17, 15) is 18.0 Å². The smallest absolute Gasteiger partial charge is 0.409 e. The Morgan fingerprint density at radius 1 is 1.10 bits per heavy atom. The van der Waals surface area contributed by atoms with Crippen molar-refractivity contribution in [2.24, 2.45) is 23.5 Å². The van der Waals surface area contributed by atoms with E-state index in [2.05, 4.69) is 15.3 Å². The van der Waals surface area contributed by atoms with Gasteiger partial charge in [-0.3, -0.25) is 15.5 Å². The number of anilines is 1. The number of rotatable bonds is 6. The maximum Gasteiger partial charge on any atom is 0.409 e. The number of imidazole rings is 1. The molecular weight excluding hydrogens is 584 g/mol. The van der Waals surface area contributed by atoms with Crippen molar-refractivity contribution in [2.75, 3.05) is 44.3 Å². The van der Waals surface area contributed by atoms with Crippen LogP contribution in [0.15, 0.2) is 24.3 Å². The van der Waals surface area contributed by atoms with E-state index in [1.807, 2.05) is 4.90 Å². The van der Waals surface area contributed by atoms with Gasteiger partial charge in [0.25, 0.3) is 0 Å². The number of likely N-dealkylation sites (tertiary alicyclic amines) is 2. The van der Waals surface area contributed by atoms with Gasteiger partial charge in [0.15, 0.2) is 11.1 Å². The van der Waals surface area contributed by atoms with Crippen LogP contribution in [-0.4, -0.2) is 94.5 Å². The topological polar surface area (TPSA) is 189 Å². The van der Waals surface area contributed by atoms with E-state index in [0.717, 1.165) is 18.4 Å². The molecule has 228 valence electrons. The molecule has 13 nitrogen and oxygen atoms in total. The average Bonchev–Trinajstić information content (AvgIpc) is 3.56. The Kier molecular flexibility index (Phi) is 8.67. The van der Waals surface area contributed by atoms with Crippen molar-refractivity contribution in [2.45, 2.75) is 38.1 Å². The first-order chi connectivity index (χ1) is 19.9. The Bertz CT molecular complexity index is 1430. The number of piperidine rings is 2. The molecule has 0 bridgehead atoms. The number of sulfonamides is 1. The summed E-state index contributed by atoms with van der Waals surface area (Å²) in [6.07, 6.45) is 3.48. The molecule has 6 N–H and O–H groups in total. The summed E-state index contributed by atoms with van der Waals surface area (Å²) in [5.74, 6) is 0.942. The van der Waals surface area contributed by atoms with Gasteiger partial charge >= 0.3 is 6.09 Å². The SMILES string of the molecule is CS(=O)(=O)N1CCC(C2CC(c3nc(Cl)c(-c4ccc(NC(=O)O)cc4)[nH]3)N(C(=O)C3CCN(C(=N)N)CC3)C2)CC1. The van der Waals surface area contributed by atoms with Crippen molar-refractivity contribution in [1.29, 1.82) is 5.41 Å². The highest BCUT2D eigenvalue weighted by molar-refractivity contribution is 7.88.